The quantitative estimate of drug-likeness (QED) is 0.739. The van der Waals surface area contributed by atoms with E-state index in [2.05, 4.69) is 25.5 Å². The minimum Gasteiger partial charge on any atom is -0.441 e. The van der Waals surface area contributed by atoms with Crippen molar-refractivity contribution in [3.8, 4) is 11.3 Å². The van der Waals surface area contributed by atoms with Crippen molar-refractivity contribution < 1.29 is 4.42 Å². The van der Waals surface area contributed by atoms with Gasteiger partial charge in [0.15, 0.2) is 17.3 Å². The van der Waals surface area contributed by atoms with Gasteiger partial charge in [-0.2, -0.15) is 0 Å². The van der Waals surface area contributed by atoms with Gasteiger partial charge >= 0.3 is 0 Å². The van der Waals surface area contributed by atoms with Gasteiger partial charge in [-0.05, 0) is 18.2 Å². The van der Waals surface area contributed by atoms with Crippen molar-refractivity contribution in [2.24, 2.45) is 0 Å². The Bertz CT molecular complexity index is 707. The molecule has 6 heteroatoms. The van der Waals surface area contributed by atoms with E-state index in [0.29, 0.717) is 17.4 Å². The lowest BCUT2D eigenvalue weighted by Crippen LogP contribution is -1.99. The molecule has 0 bridgehead atoms. The van der Waals surface area contributed by atoms with Crippen molar-refractivity contribution in [3.05, 3.63) is 30.4 Å². The largest absolute Gasteiger partial charge is 0.441 e. The van der Waals surface area contributed by atoms with Crippen LogP contribution in [-0.2, 0) is 0 Å². The van der Waals surface area contributed by atoms with Crippen LogP contribution < -0.4 is 5.32 Å². The summed E-state index contributed by atoms with van der Waals surface area (Å²) in [5, 5.41) is 10.9. The second-order valence-electron chi connectivity index (χ2n) is 3.82. The Morgan fingerprint density at radius 1 is 1.28 bits per heavy atom. The second-order valence-corrected chi connectivity index (χ2v) is 3.82. The van der Waals surface area contributed by atoms with Crippen LogP contribution >= 0.6 is 0 Å². The summed E-state index contributed by atoms with van der Waals surface area (Å²) < 4.78 is 5.44. The van der Waals surface area contributed by atoms with Gasteiger partial charge in [0.25, 0.3) is 0 Å². The van der Waals surface area contributed by atoms with E-state index in [0.717, 1.165) is 16.7 Å². The number of aromatic nitrogens is 4. The Balaban J connectivity index is 2.18. The fourth-order valence-corrected chi connectivity index (χ4v) is 1.84. The molecule has 0 spiro atoms. The molecule has 18 heavy (non-hydrogen) atoms. The number of oxazole rings is 1. The molecule has 90 valence electrons. The van der Waals surface area contributed by atoms with Crippen molar-refractivity contribution in [3.63, 3.8) is 0 Å². The first-order valence-electron chi connectivity index (χ1n) is 5.51. The average Bonchev–Trinajstić information content (AvgIpc) is 2.77. The molecule has 6 nitrogen and oxygen atoms in total. The first kappa shape index (κ1) is 10.6. The van der Waals surface area contributed by atoms with Gasteiger partial charge in [-0.1, -0.05) is 0 Å². The maximum absolute atomic E-state index is 5.44. The van der Waals surface area contributed by atoms with Gasteiger partial charge in [-0.15, -0.1) is 10.2 Å². The maximum Gasteiger partial charge on any atom is 0.192 e. The molecule has 2 aromatic heterocycles. The lowest BCUT2D eigenvalue weighted by atomic mass is 10.1. The van der Waals surface area contributed by atoms with E-state index in [4.69, 9.17) is 4.42 Å². The van der Waals surface area contributed by atoms with Gasteiger partial charge in [0.2, 0.25) is 0 Å². The molecule has 3 aromatic rings. The third kappa shape index (κ3) is 1.67. The Labute approximate surface area is 103 Å². The highest BCUT2D eigenvalue weighted by Gasteiger charge is 2.10. The predicted octanol–water partition coefficient (Wildman–Crippen LogP) is 2.03. The van der Waals surface area contributed by atoms with Gasteiger partial charge in [0.05, 0.1) is 0 Å². The summed E-state index contributed by atoms with van der Waals surface area (Å²) in [7, 11) is 1.80. The van der Waals surface area contributed by atoms with Crippen molar-refractivity contribution in [1.82, 2.24) is 20.2 Å². The van der Waals surface area contributed by atoms with Crippen molar-refractivity contribution in [2.45, 2.75) is 6.92 Å². The van der Waals surface area contributed by atoms with E-state index in [-0.39, 0.29) is 0 Å². The molecule has 0 atom stereocenters. The molecule has 1 N–H and O–H groups in total. The zero-order chi connectivity index (χ0) is 12.5. The van der Waals surface area contributed by atoms with E-state index in [9.17, 15) is 0 Å². The van der Waals surface area contributed by atoms with Crippen LogP contribution in [0, 0.1) is 6.92 Å². The number of nitrogens with zero attached hydrogens (tertiary/aromatic N) is 4. The smallest absolute Gasteiger partial charge is 0.192 e. The van der Waals surface area contributed by atoms with E-state index < -0.39 is 0 Å². The molecule has 0 fully saturated rings. The van der Waals surface area contributed by atoms with Gasteiger partial charge in [-0.25, -0.2) is 9.97 Å². The molecule has 3 rings (SSSR count). The number of nitrogens with one attached hydrogen (secondary N) is 1. The van der Waals surface area contributed by atoms with Crippen LogP contribution in [0.25, 0.3) is 22.4 Å². The predicted molar refractivity (Wildman–Crippen MR) is 67.1 cm³/mol. The third-order valence-electron chi connectivity index (χ3n) is 2.63. The summed E-state index contributed by atoms with van der Waals surface area (Å²) in [5.41, 5.74) is 3.17. The maximum atomic E-state index is 5.44. The Morgan fingerprint density at radius 2 is 2.17 bits per heavy atom. The highest BCUT2D eigenvalue weighted by molar-refractivity contribution is 5.82. The normalized spacial score (nSPS) is 10.8. The molecule has 0 aliphatic heterocycles. The van der Waals surface area contributed by atoms with Gasteiger partial charge in [0.1, 0.15) is 17.5 Å². The number of aryl methyl sites for hydroxylation is 1. The van der Waals surface area contributed by atoms with Crippen LogP contribution in [0.1, 0.15) is 5.89 Å². The van der Waals surface area contributed by atoms with Gasteiger partial charge in [-0.3, -0.25) is 0 Å². The summed E-state index contributed by atoms with van der Waals surface area (Å²) in [6.45, 7) is 1.82. The van der Waals surface area contributed by atoms with Crippen molar-refractivity contribution in [1.29, 1.82) is 0 Å². The van der Waals surface area contributed by atoms with Crippen LogP contribution in [0.4, 0.5) is 5.82 Å². The van der Waals surface area contributed by atoms with Crippen LogP contribution in [0.15, 0.2) is 28.9 Å². The molecular formula is C12H11N5O. The molecule has 0 radical (unpaired) electrons. The molecule has 0 saturated carbocycles. The molecule has 0 saturated heterocycles. The monoisotopic (exact) mass is 241 g/mol. The summed E-state index contributed by atoms with van der Waals surface area (Å²) in [5.74, 6) is 1.33. The van der Waals surface area contributed by atoms with Crippen LogP contribution in [0.3, 0.4) is 0 Å². The Hall–Kier alpha value is -2.50. The highest BCUT2D eigenvalue weighted by atomic mass is 16.3. The molecule has 0 aliphatic rings. The van der Waals surface area contributed by atoms with Crippen LogP contribution in [0.5, 0.6) is 0 Å². The third-order valence-corrected chi connectivity index (χ3v) is 2.63. The fourth-order valence-electron chi connectivity index (χ4n) is 1.84. The van der Waals surface area contributed by atoms with Crippen molar-refractivity contribution in [2.75, 3.05) is 12.4 Å². The number of fused-ring (bicyclic) bond motifs is 1. The minimum atomic E-state index is 0.647. The summed E-state index contributed by atoms with van der Waals surface area (Å²) >= 11 is 0. The summed E-state index contributed by atoms with van der Waals surface area (Å²) in [6, 6.07) is 5.70. The number of benzene rings is 1. The van der Waals surface area contributed by atoms with Gasteiger partial charge in [0, 0.05) is 19.5 Å². The van der Waals surface area contributed by atoms with E-state index in [1.165, 1.54) is 6.33 Å². The molecule has 2 heterocycles. The van der Waals surface area contributed by atoms with Gasteiger partial charge < -0.3 is 9.73 Å². The van der Waals surface area contributed by atoms with E-state index in [1.54, 1.807) is 7.05 Å². The SMILES string of the molecule is CNc1ncnnc1-c1ccc2oc(C)nc2c1. The highest BCUT2D eigenvalue weighted by Crippen LogP contribution is 2.26. The lowest BCUT2D eigenvalue weighted by molar-refractivity contribution is 0.561. The van der Waals surface area contributed by atoms with Crippen LogP contribution in [0.2, 0.25) is 0 Å². The standard InChI is InChI=1S/C12H11N5O/c1-7-16-9-5-8(3-4-10(9)18-7)11-12(13-2)14-6-15-17-11/h3-6H,1-2H3,(H,13,14,15). The van der Waals surface area contributed by atoms with E-state index >= 15 is 0 Å². The minimum absolute atomic E-state index is 0.647. The van der Waals surface area contributed by atoms with Crippen LogP contribution in [-0.4, -0.2) is 27.2 Å². The first-order chi connectivity index (χ1) is 8.78. The molecular weight excluding hydrogens is 230 g/mol. The Kier molecular flexibility index (Phi) is 2.40. The first-order valence-corrected chi connectivity index (χ1v) is 5.51. The molecule has 0 amide bonds. The number of rotatable bonds is 2. The summed E-state index contributed by atoms with van der Waals surface area (Å²) in [6.07, 6.45) is 1.41. The van der Waals surface area contributed by atoms with Crippen molar-refractivity contribution >= 4 is 16.9 Å². The molecule has 0 aliphatic carbocycles. The molecule has 0 unspecified atom stereocenters. The number of hydrogen-bond acceptors (Lipinski definition) is 6. The number of hydrogen-bond donors (Lipinski definition) is 1. The zero-order valence-corrected chi connectivity index (χ0v) is 10.0. The number of anilines is 1. The fraction of sp³-hybridized carbons (Fsp3) is 0.167. The molecule has 1 aromatic carbocycles. The topological polar surface area (TPSA) is 76.7 Å². The Morgan fingerprint density at radius 3 is 3.00 bits per heavy atom. The van der Waals surface area contributed by atoms with E-state index in [1.807, 2.05) is 25.1 Å². The second kappa shape index (κ2) is 4.06. The summed E-state index contributed by atoms with van der Waals surface area (Å²) in [4.78, 5) is 8.43. The zero-order valence-electron chi connectivity index (χ0n) is 10.0. The lowest BCUT2D eigenvalue weighted by Gasteiger charge is -2.04. The average molecular weight is 241 g/mol.